The fraction of sp³-hybridized carbons (Fsp3) is 1.00. The third-order valence-electron chi connectivity index (χ3n) is 3.14. The molecule has 3 aliphatic rings. The maximum atomic E-state index is 5.74. The van der Waals surface area contributed by atoms with Gasteiger partial charge in [0.25, 0.3) is 0 Å². The van der Waals surface area contributed by atoms with Gasteiger partial charge in [0.1, 0.15) is 12.7 Å². The molecule has 3 heterocycles. The average Bonchev–Trinajstić information content (AvgIpc) is 2.88. The van der Waals surface area contributed by atoms with Crippen LogP contribution in [0, 0.1) is 5.92 Å². The maximum absolute atomic E-state index is 5.74. The summed E-state index contributed by atoms with van der Waals surface area (Å²) in [5.74, 6) is -0.0848. The van der Waals surface area contributed by atoms with Gasteiger partial charge in [-0.2, -0.15) is 0 Å². The third kappa shape index (κ3) is 1.26. The van der Waals surface area contributed by atoms with Gasteiger partial charge < -0.3 is 18.9 Å². The summed E-state index contributed by atoms with van der Waals surface area (Å²) in [4.78, 5) is 0. The lowest BCUT2D eigenvalue weighted by Gasteiger charge is -2.25. The monoisotopic (exact) mass is 312 g/mol. The highest BCUT2D eigenvalue weighted by Gasteiger charge is 2.59. The van der Waals surface area contributed by atoms with E-state index in [9.17, 15) is 0 Å². The first kappa shape index (κ1) is 9.77. The Kier molecular flexibility index (Phi) is 2.48. The molecule has 0 aliphatic carbocycles. The number of ether oxygens (including phenoxy) is 4. The van der Waals surface area contributed by atoms with E-state index in [4.69, 9.17) is 18.9 Å². The Hall–Kier alpha value is 0.570. The van der Waals surface area contributed by atoms with Gasteiger partial charge >= 0.3 is 0 Å². The molecule has 0 radical (unpaired) electrons. The molecule has 3 fully saturated rings. The summed E-state index contributed by atoms with van der Waals surface area (Å²) in [7, 11) is 0. The Morgan fingerprint density at radius 2 is 2.00 bits per heavy atom. The number of halogens is 1. The van der Waals surface area contributed by atoms with Crippen molar-refractivity contribution in [1.29, 1.82) is 0 Å². The number of hydrogen-bond donors (Lipinski definition) is 0. The Labute approximate surface area is 96.4 Å². The number of hydrogen-bond acceptors (Lipinski definition) is 4. The van der Waals surface area contributed by atoms with E-state index in [1.165, 1.54) is 0 Å². The van der Waals surface area contributed by atoms with Crippen LogP contribution in [0.25, 0.3) is 0 Å². The van der Waals surface area contributed by atoms with Crippen molar-refractivity contribution in [3.63, 3.8) is 0 Å². The normalized spacial score (nSPS) is 44.8. The molecule has 5 heteroatoms. The standard InChI is InChI=1S/C9H13IO4/c10-3-6-4-11-8-7(6)12-5-9(8)13-1-2-14-9/h6-8H,1-5H2. The van der Waals surface area contributed by atoms with E-state index in [1.54, 1.807) is 0 Å². The van der Waals surface area contributed by atoms with Crippen LogP contribution in [-0.2, 0) is 18.9 Å². The van der Waals surface area contributed by atoms with Gasteiger partial charge in [-0.1, -0.05) is 22.6 Å². The topological polar surface area (TPSA) is 36.9 Å². The van der Waals surface area contributed by atoms with Crippen LogP contribution in [0.5, 0.6) is 0 Å². The SMILES string of the molecule is ICC1COC2C1OCC21OCCO1. The van der Waals surface area contributed by atoms with Crippen molar-refractivity contribution in [1.82, 2.24) is 0 Å². The zero-order chi connectivity index (χ0) is 9.60. The van der Waals surface area contributed by atoms with Gasteiger partial charge in [-0.15, -0.1) is 0 Å². The van der Waals surface area contributed by atoms with Crippen LogP contribution in [0.4, 0.5) is 0 Å². The van der Waals surface area contributed by atoms with Gasteiger partial charge in [0.2, 0.25) is 5.79 Å². The highest BCUT2D eigenvalue weighted by atomic mass is 127. The van der Waals surface area contributed by atoms with Crippen LogP contribution in [-0.4, -0.2) is 48.9 Å². The van der Waals surface area contributed by atoms with Crippen LogP contribution in [0.15, 0.2) is 0 Å². The van der Waals surface area contributed by atoms with Crippen molar-refractivity contribution < 1.29 is 18.9 Å². The minimum atomic E-state index is -0.578. The van der Waals surface area contributed by atoms with E-state index in [1.807, 2.05) is 0 Å². The van der Waals surface area contributed by atoms with Crippen LogP contribution < -0.4 is 0 Å². The Bertz CT molecular complexity index is 229. The maximum Gasteiger partial charge on any atom is 0.221 e. The predicted octanol–water partition coefficient (Wildman–Crippen LogP) is 0.578. The predicted molar refractivity (Wildman–Crippen MR) is 56.5 cm³/mol. The minimum absolute atomic E-state index is 0.00948. The molecule has 0 amide bonds. The van der Waals surface area contributed by atoms with Gasteiger partial charge in [-0.05, 0) is 0 Å². The van der Waals surface area contributed by atoms with Gasteiger partial charge in [-0.3, -0.25) is 0 Å². The smallest absolute Gasteiger partial charge is 0.221 e. The second-order valence-corrected chi connectivity index (χ2v) is 4.83. The molecular weight excluding hydrogens is 299 g/mol. The summed E-state index contributed by atoms with van der Waals surface area (Å²) in [6.07, 6.45) is 0.162. The molecule has 3 saturated heterocycles. The van der Waals surface area contributed by atoms with Gasteiger partial charge in [-0.25, -0.2) is 0 Å². The molecule has 0 aromatic heterocycles. The van der Waals surface area contributed by atoms with Crippen molar-refractivity contribution in [2.45, 2.75) is 18.0 Å². The van der Waals surface area contributed by atoms with Crippen LogP contribution in [0.3, 0.4) is 0 Å². The Morgan fingerprint density at radius 1 is 1.21 bits per heavy atom. The lowest BCUT2D eigenvalue weighted by Crippen LogP contribution is -2.44. The summed E-state index contributed by atoms with van der Waals surface area (Å²) >= 11 is 2.38. The molecule has 1 spiro atoms. The fourth-order valence-electron chi connectivity index (χ4n) is 2.41. The van der Waals surface area contributed by atoms with Crippen molar-refractivity contribution in [3.05, 3.63) is 0 Å². The average molecular weight is 312 g/mol. The number of fused-ring (bicyclic) bond motifs is 2. The van der Waals surface area contributed by atoms with E-state index in [2.05, 4.69) is 22.6 Å². The second kappa shape index (κ2) is 3.55. The molecule has 3 atom stereocenters. The highest BCUT2D eigenvalue weighted by molar-refractivity contribution is 14.1. The summed E-state index contributed by atoms with van der Waals surface area (Å²) in [6.45, 7) is 2.61. The molecule has 80 valence electrons. The minimum Gasteiger partial charge on any atom is -0.369 e. The molecule has 0 aromatic carbocycles. The van der Waals surface area contributed by atoms with Crippen LogP contribution >= 0.6 is 22.6 Å². The summed E-state index contributed by atoms with van der Waals surface area (Å²) in [5, 5.41) is 0. The summed E-state index contributed by atoms with van der Waals surface area (Å²) in [6, 6.07) is 0. The lowest BCUT2D eigenvalue weighted by atomic mass is 10.0. The lowest BCUT2D eigenvalue weighted by molar-refractivity contribution is -0.206. The molecule has 0 N–H and O–H groups in total. The molecule has 3 rings (SSSR count). The van der Waals surface area contributed by atoms with E-state index >= 15 is 0 Å². The third-order valence-corrected chi connectivity index (χ3v) is 4.27. The quantitative estimate of drug-likeness (QED) is 0.524. The largest absolute Gasteiger partial charge is 0.369 e. The summed E-state index contributed by atoms with van der Waals surface area (Å²) in [5.41, 5.74) is 0. The van der Waals surface area contributed by atoms with Crippen molar-refractivity contribution in [3.8, 4) is 0 Å². The number of rotatable bonds is 1. The van der Waals surface area contributed by atoms with Crippen LogP contribution in [0.2, 0.25) is 0 Å². The Morgan fingerprint density at radius 3 is 2.71 bits per heavy atom. The van der Waals surface area contributed by atoms with E-state index in [0.29, 0.717) is 25.7 Å². The summed E-state index contributed by atoms with van der Waals surface area (Å²) < 4.78 is 23.8. The van der Waals surface area contributed by atoms with Gasteiger partial charge in [0.15, 0.2) is 0 Å². The first-order chi connectivity index (χ1) is 6.86. The fourth-order valence-corrected chi connectivity index (χ4v) is 3.17. The molecular formula is C9H13IO4. The van der Waals surface area contributed by atoms with E-state index in [-0.39, 0.29) is 12.2 Å². The second-order valence-electron chi connectivity index (χ2n) is 3.95. The zero-order valence-electron chi connectivity index (χ0n) is 7.78. The van der Waals surface area contributed by atoms with Crippen LogP contribution in [0.1, 0.15) is 0 Å². The number of alkyl halides is 1. The van der Waals surface area contributed by atoms with Crippen molar-refractivity contribution in [2.75, 3.05) is 30.9 Å². The molecule has 3 unspecified atom stereocenters. The van der Waals surface area contributed by atoms with Crippen molar-refractivity contribution >= 4 is 22.6 Å². The Balaban J connectivity index is 1.80. The first-order valence-electron chi connectivity index (χ1n) is 4.93. The zero-order valence-corrected chi connectivity index (χ0v) is 9.94. The van der Waals surface area contributed by atoms with Crippen molar-refractivity contribution in [2.24, 2.45) is 5.92 Å². The van der Waals surface area contributed by atoms with E-state index < -0.39 is 5.79 Å². The van der Waals surface area contributed by atoms with Gasteiger partial charge in [0, 0.05) is 10.3 Å². The van der Waals surface area contributed by atoms with Gasteiger partial charge in [0.05, 0.1) is 25.9 Å². The molecule has 3 aliphatic heterocycles. The molecule has 0 aromatic rings. The molecule has 0 saturated carbocycles. The molecule has 14 heavy (non-hydrogen) atoms. The molecule has 4 nitrogen and oxygen atoms in total. The van der Waals surface area contributed by atoms with E-state index in [0.717, 1.165) is 11.0 Å². The molecule has 0 bridgehead atoms. The highest BCUT2D eigenvalue weighted by Crippen LogP contribution is 2.42. The first-order valence-corrected chi connectivity index (χ1v) is 6.45.